The molecule has 196 valence electrons. The van der Waals surface area contributed by atoms with Crippen molar-refractivity contribution in [1.82, 2.24) is 20.1 Å². The van der Waals surface area contributed by atoms with Crippen LogP contribution in [0.15, 0.2) is 116 Å². The second kappa shape index (κ2) is 11.9. The summed E-state index contributed by atoms with van der Waals surface area (Å²) in [6.45, 7) is 0. The highest BCUT2D eigenvalue weighted by molar-refractivity contribution is 6.01. The monoisotopic (exact) mass is 526 g/mol. The maximum absolute atomic E-state index is 13.9. The van der Waals surface area contributed by atoms with E-state index in [0.29, 0.717) is 16.9 Å². The Morgan fingerprint density at radius 2 is 1.50 bits per heavy atom. The predicted molar refractivity (Wildman–Crippen MR) is 152 cm³/mol. The molecule has 40 heavy (non-hydrogen) atoms. The molecule has 0 fully saturated rings. The molecular weight excluding hydrogens is 500 g/mol. The molecule has 5 aromatic rings. The maximum Gasteiger partial charge on any atom is 0.270 e. The third-order valence-corrected chi connectivity index (χ3v) is 6.68. The van der Waals surface area contributed by atoms with E-state index in [2.05, 4.69) is 26.8 Å². The van der Waals surface area contributed by atoms with E-state index in [4.69, 9.17) is 0 Å². The third kappa shape index (κ3) is 5.64. The molecule has 0 aliphatic carbocycles. The second-order valence-electron chi connectivity index (χ2n) is 9.19. The van der Waals surface area contributed by atoms with Gasteiger partial charge in [-0.2, -0.15) is 10.4 Å². The first-order chi connectivity index (χ1) is 19.5. The van der Waals surface area contributed by atoms with Crippen LogP contribution in [0.1, 0.15) is 33.1 Å². The molecule has 1 atom stereocenters. The van der Waals surface area contributed by atoms with Crippen molar-refractivity contribution in [2.75, 3.05) is 5.32 Å². The van der Waals surface area contributed by atoms with E-state index in [0.717, 1.165) is 22.3 Å². The molecule has 0 bridgehead atoms. The van der Waals surface area contributed by atoms with Crippen molar-refractivity contribution < 1.29 is 9.59 Å². The molecular formula is C32H26N6O2. The largest absolute Gasteiger partial charge is 0.338 e. The van der Waals surface area contributed by atoms with E-state index in [-0.39, 0.29) is 5.91 Å². The molecule has 0 radical (unpaired) electrons. The molecule has 3 aromatic carbocycles. The number of amides is 2. The van der Waals surface area contributed by atoms with E-state index >= 15 is 0 Å². The molecule has 1 unspecified atom stereocenters. The quantitative estimate of drug-likeness (QED) is 0.298. The first kappa shape index (κ1) is 26.1. The van der Waals surface area contributed by atoms with E-state index < -0.39 is 17.9 Å². The SMILES string of the molecule is Cn1nccc1C(=O)NC(C(=O)Nc1ccc(-c2ccncc2C#N)cc1)C(c1ccccc1)c1ccccc1. The maximum atomic E-state index is 13.9. The fraction of sp³-hybridized carbons (Fsp3) is 0.0938. The lowest BCUT2D eigenvalue weighted by Gasteiger charge is -2.28. The number of hydrogen-bond donors (Lipinski definition) is 2. The van der Waals surface area contributed by atoms with Gasteiger partial charge in [0.05, 0.1) is 5.56 Å². The van der Waals surface area contributed by atoms with Crippen LogP contribution in [0.3, 0.4) is 0 Å². The van der Waals surface area contributed by atoms with Gasteiger partial charge in [0.25, 0.3) is 5.91 Å². The zero-order valence-corrected chi connectivity index (χ0v) is 21.7. The number of carbonyl (C=O) groups is 2. The molecule has 2 N–H and O–H groups in total. The number of benzene rings is 3. The van der Waals surface area contributed by atoms with Crippen LogP contribution in [0.4, 0.5) is 5.69 Å². The first-order valence-electron chi connectivity index (χ1n) is 12.7. The number of pyridine rings is 1. The Labute approximate surface area is 231 Å². The number of rotatable bonds is 8. The minimum Gasteiger partial charge on any atom is -0.338 e. The van der Waals surface area contributed by atoms with E-state index in [1.807, 2.05) is 72.8 Å². The van der Waals surface area contributed by atoms with Crippen LogP contribution in [0.2, 0.25) is 0 Å². The normalized spacial score (nSPS) is 11.4. The molecule has 0 saturated carbocycles. The van der Waals surface area contributed by atoms with Crippen molar-refractivity contribution in [3.8, 4) is 17.2 Å². The average Bonchev–Trinajstić information content (AvgIpc) is 3.44. The third-order valence-electron chi connectivity index (χ3n) is 6.68. The number of aromatic nitrogens is 3. The molecule has 0 saturated heterocycles. The van der Waals surface area contributed by atoms with Crippen molar-refractivity contribution in [1.29, 1.82) is 5.26 Å². The molecule has 0 spiro atoms. The van der Waals surface area contributed by atoms with Crippen LogP contribution >= 0.6 is 0 Å². The topological polar surface area (TPSA) is 113 Å². The zero-order valence-electron chi connectivity index (χ0n) is 21.7. The van der Waals surface area contributed by atoms with Gasteiger partial charge < -0.3 is 10.6 Å². The number of anilines is 1. The summed E-state index contributed by atoms with van der Waals surface area (Å²) in [7, 11) is 1.68. The molecule has 0 aliphatic rings. The van der Waals surface area contributed by atoms with Crippen LogP contribution in [-0.4, -0.2) is 32.6 Å². The Bertz CT molecular complexity index is 1620. The molecule has 5 rings (SSSR count). The van der Waals surface area contributed by atoms with Gasteiger partial charge in [0.1, 0.15) is 17.8 Å². The number of nitrogens with one attached hydrogen (secondary N) is 2. The Morgan fingerprint density at radius 1 is 0.850 bits per heavy atom. The first-order valence-corrected chi connectivity index (χ1v) is 12.7. The predicted octanol–water partition coefficient (Wildman–Crippen LogP) is 4.92. The van der Waals surface area contributed by atoms with Gasteiger partial charge >= 0.3 is 0 Å². The number of aryl methyl sites for hydroxylation is 1. The smallest absolute Gasteiger partial charge is 0.270 e. The van der Waals surface area contributed by atoms with Crippen LogP contribution in [-0.2, 0) is 11.8 Å². The Morgan fingerprint density at radius 3 is 2.08 bits per heavy atom. The summed E-state index contributed by atoms with van der Waals surface area (Å²) in [6, 6.07) is 31.1. The zero-order chi connectivity index (χ0) is 27.9. The lowest BCUT2D eigenvalue weighted by molar-refractivity contribution is -0.118. The minimum atomic E-state index is -0.947. The van der Waals surface area contributed by atoms with Gasteiger partial charge in [-0.25, -0.2) is 0 Å². The lowest BCUT2D eigenvalue weighted by Crippen LogP contribution is -2.48. The van der Waals surface area contributed by atoms with Crippen molar-refractivity contribution >= 4 is 17.5 Å². The Kier molecular flexibility index (Phi) is 7.74. The summed E-state index contributed by atoms with van der Waals surface area (Å²) in [5.74, 6) is -1.24. The number of nitriles is 1. The summed E-state index contributed by atoms with van der Waals surface area (Å²) in [6.07, 6.45) is 4.69. The van der Waals surface area contributed by atoms with Crippen molar-refractivity contribution in [2.24, 2.45) is 7.05 Å². The molecule has 2 aromatic heterocycles. The highest BCUT2D eigenvalue weighted by Crippen LogP contribution is 2.30. The summed E-state index contributed by atoms with van der Waals surface area (Å²) < 4.78 is 1.47. The molecule has 8 heteroatoms. The highest BCUT2D eigenvalue weighted by Gasteiger charge is 2.33. The summed E-state index contributed by atoms with van der Waals surface area (Å²) in [4.78, 5) is 31.3. The standard InChI is InChI=1S/C32H26N6O2/c1-38-28(17-19-35-38)31(39)37-30(29(23-8-4-2-5-9-23)24-10-6-3-7-11-24)32(40)36-26-14-12-22(13-15-26)27-16-18-34-21-25(27)20-33/h2-19,21,29-30H,1H3,(H,36,40)(H,37,39). The van der Waals surface area contributed by atoms with Gasteiger partial charge in [-0.3, -0.25) is 19.3 Å². The highest BCUT2D eigenvalue weighted by atomic mass is 16.2. The van der Waals surface area contributed by atoms with Gasteiger partial charge in [0.15, 0.2) is 0 Å². The number of carbonyl (C=O) groups excluding carboxylic acids is 2. The molecule has 2 amide bonds. The molecule has 8 nitrogen and oxygen atoms in total. The van der Waals surface area contributed by atoms with Gasteiger partial charge in [0.2, 0.25) is 5.91 Å². The van der Waals surface area contributed by atoms with Crippen LogP contribution in [0.5, 0.6) is 0 Å². The fourth-order valence-electron chi connectivity index (χ4n) is 4.70. The van der Waals surface area contributed by atoms with E-state index in [1.165, 1.54) is 17.1 Å². The van der Waals surface area contributed by atoms with Crippen LogP contribution < -0.4 is 10.6 Å². The minimum absolute atomic E-state index is 0.340. The van der Waals surface area contributed by atoms with Crippen molar-refractivity contribution in [3.05, 3.63) is 138 Å². The van der Waals surface area contributed by atoms with E-state index in [9.17, 15) is 14.9 Å². The van der Waals surface area contributed by atoms with Crippen molar-refractivity contribution in [3.63, 3.8) is 0 Å². The summed E-state index contributed by atoms with van der Waals surface area (Å²) in [5, 5.41) is 19.5. The Balaban J connectivity index is 1.49. The second-order valence-corrected chi connectivity index (χ2v) is 9.19. The lowest BCUT2D eigenvalue weighted by atomic mass is 9.84. The van der Waals surface area contributed by atoms with Gasteiger partial charge in [-0.1, -0.05) is 72.8 Å². The van der Waals surface area contributed by atoms with Crippen molar-refractivity contribution in [2.45, 2.75) is 12.0 Å². The Hall–Kier alpha value is -5.55. The van der Waals surface area contributed by atoms with Gasteiger partial charge in [-0.15, -0.1) is 0 Å². The number of nitrogens with zero attached hydrogens (tertiary/aromatic N) is 4. The van der Waals surface area contributed by atoms with E-state index in [1.54, 1.807) is 37.5 Å². The van der Waals surface area contributed by atoms with Crippen LogP contribution in [0, 0.1) is 11.3 Å². The van der Waals surface area contributed by atoms with Gasteiger partial charge in [-0.05, 0) is 41.0 Å². The molecule has 0 aliphatic heterocycles. The fourth-order valence-corrected chi connectivity index (χ4v) is 4.70. The van der Waals surface area contributed by atoms with Gasteiger partial charge in [0, 0.05) is 42.8 Å². The summed E-state index contributed by atoms with van der Waals surface area (Å²) in [5.41, 5.74) is 4.71. The summed E-state index contributed by atoms with van der Waals surface area (Å²) >= 11 is 0. The molecule has 2 heterocycles. The number of hydrogen-bond acceptors (Lipinski definition) is 5. The van der Waals surface area contributed by atoms with Crippen LogP contribution in [0.25, 0.3) is 11.1 Å². The average molecular weight is 527 g/mol.